The molecule has 0 aliphatic rings. The molecule has 0 spiro atoms. The molecule has 87 valence electrons. The van der Waals surface area contributed by atoms with Crippen LogP contribution in [0.2, 0.25) is 5.02 Å². The Bertz CT molecular complexity index is 619. The van der Waals surface area contributed by atoms with E-state index in [9.17, 15) is 4.79 Å². The van der Waals surface area contributed by atoms with Gasteiger partial charge in [-0.25, -0.2) is 9.97 Å². The van der Waals surface area contributed by atoms with Gasteiger partial charge < -0.3 is 5.32 Å². The molecule has 0 saturated heterocycles. The Kier molecular flexibility index (Phi) is 3.51. The Morgan fingerprint density at radius 2 is 2.28 bits per heavy atom. The number of halogens is 1. The number of anilines is 1. The highest BCUT2D eigenvalue weighted by molar-refractivity contribution is 6.31. The maximum atomic E-state index is 11.8. The number of carbonyl (C=O) groups is 1. The first kappa shape index (κ1) is 12.0. The molecular weight excluding hydrogens is 252 g/mol. The minimum atomic E-state index is -0.392. The fourth-order valence-electron chi connectivity index (χ4n) is 1.20. The molecule has 0 atom stereocenters. The highest BCUT2D eigenvalue weighted by Crippen LogP contribution is 2.11. The summed E-state index contributed by atoms with van der Waals surface area (Å²) in [6.45, 7) is 0. The maximum absolute atomic E-state index is 11.8. The fourth-order valence-corrected chi connectivity index (χ4v) is 1.38. The summed E-state index contributed by atoms with van der Waals surface area (Å²) in [6, 6.07) is 9.27. The minimum Gasteiger partial charge on any atom is -0.305 e. The number of rotatable bonds is 2. The summed E-state index contributed by atoms with van der Waals surface area (Å²) >= 11 is 5.77. The third-order valence-electron chi connectivity index (χ3n) is 2.02. The summed E-state index contributed by atoms with van der Waals surface area (Å²) in [4.78, 5) is 19.4. The first-order valence-corrected chi connectivity index (χ1v) is 5.27. The normalized spacial score (nSPS) is 9.56. The molecule has 0 bridgehead atoms. The van der Waals surface area contributed by atoms with Gasteiger partial charge in [-0.15, -0.1) is 0 Å². The van der Waals surface area contributed by atoms with Crippen molar-refractivity contribution in [2.45, 2.75) is 0 Å². The second kappa shape index (κ2) is 5.25. The second-order valence-electron chi connectivity index (χ2n) is 3.27. The number of benzene rings is 1. The highest BCUT2D eigenvalue weighted by atomic mass is 35.5. The lowest BCUT2D eigenvalue weighted by Crippen LogP contribution is -2.13. The van der Waals surface area contributed by atoms with Crippen molar-refractivity contribution in [1.82, 2.24) is 9.97 Å². The molecule has 0 saturated carbocycles. The topological polar surface area (TPSA) is 78.7 Å². The highest BCUT2D eigenvalue weighted by Gasteiger charge is 2.07. The van der Waals surface area contributed by atoms with Gasteiger partial charge in [-0.05, 0) is 18.2 Å². The van der Waals surface area contributed by atoms with Crippen LogP contribution in [0.1, 0.15) is 16.1 Å². The summed E-state index contributed by atoms with van der Waals surface area (Å²) in [5.74, 6) is -0.135. The molecule has 18 heavy (non-hydrogen) atoms. The largest absolute Gasteiger partial charge is 0.305 e. The van der Waals surface area contributed by atoms with Crippen LogP contribution in [0.4, 0.5) is 5.82 Å². The number of carbonyl (C=O) groups excluding carboxylic acids is 1. The van der Waals surface area contributed by atoms with Gasteiger partial charge in [0.1, 0.15) is 6.07 Å². The van der Waals surface area contributed by atoms with E-state index in [1.165, 1.54) is 18.5 Å². The van der Waals surface area contributed by atoms with Crippen molar-refractivity contribution in [3.63, 3.8) is 0 Å². The van der Waals surface area contributed by atoms with Crippen molar-refractivity contribution in [3.8, 4) is 6.07 Å². The number of aromatic nitrogens is 2. The van der Waals surface area contributed by atoms with Gasteiger partial charge in [0.25, 0.3) is 5.91 Å². The molecule has 2 aromatic rings. The predicted molar refractivity (Wildman–Crippen MR) is 65.0 cm³/mol. The zero-order valence-corrected chi connectivity index (χ0v) is 9.77. The molecule has 0 aliphatic carbocycles. The molecule has 1 heterocycles. The van der Waals surface area contributed by atoms with Crippen LogP contribution in [0.3, 0.4) is 0 Å². The molecule has 0 unspecified atom stereocenters. The van der Waals surface area contributed by atoms with Gasteiger partial charge in [-0.1, -0.05) is 17.7 Å². The van der Waals surface area contributed by atoms with E-state index in [4.69, 9.17) is 16.9 Å². The Morgan fingerprint density at radius 3 is 2.89 bits per heavy atom. The van der Waals surface area contributed by atoms with Crippen LogP contribution in [0, 0.1) is 17.4 Å². The third kappa shape index (κ3) is 2.81. The van der Waals surface area contributed by atoms with Crippen molar-refractivity contribution >= 4 is 23.3 Å². The van der Waals surface area contributed by atoms with E-state index in [-0.39, 0.29) is 11.5 Å². The number of hydrogen-bond donors (Lipinski definition) is 1. The molecule has 5 nitrogen and oxygen atoms in total. The lowest BCUT2D eigenvalue weighted by atomic mass is 10.2. The Morgan fingerprint density at radius 1 is 1.44 bits per heavy atom. The van der Waals surface area contributed by atoms with E-state index < -0.39 is 5.91 Å². The van der Waals surface area contributed by atoms with Gasteiger partial charge in [0.15, 0.2) is 11.5 Å². The van der Waals surface area contributed by atoms with E-state index in [0.717, 1.165) is 0 Å². The van der Waals surface area contributed by atoms with Crippen LogP contribution in [0.5, 0.6) is 0 Å². The Hall–Kier alpha value is -2.45. The SMILES string of the molecule is N#Cc1cnc(NC(=O)c2[c]ccc(Cl)c2)cn1. The summed E-state index contributed by atoms with van der Waals surface area (Å²) in [5, 5.41) is 11.5. The second-order valence-corrected chi connectivity index (χ2v) is 3.71. The van der Waals surface area contributed by atoms with Crippen LogP contribution < -0.4 is 5.32 Å². The minimum absolute atomic E-state index is 0.183. The molecule has 0 aliphatic heterocycles. The number of nitrogens with one attached hydrogen (secondary N) is 1. The van der Waals surface area contributed by atoms with Gasteiger partial charge in [0.2, 0.25) is 0 Å². The molecule has 2 rings (SSSR count). The predicted octanol–water partition coefficient (Wildman–Crippen LogP) is 2.05. The summed E-state index contributed by atoms with van der Waals surface area (Å²) in [7, 11) is 0. The number of amides is 1. The lowest BCUT2D eigenvalue weighted by molar-refractivity contribution is 0.102. The molecular formula is C12H6ClN4O. The first-order chi connectivity index (χ1) is 8.69. The van der Waals surface area contributed by atoms with Gasteiger partial charge in [-0.3, -0.25) is 4.79 Å². The van der Waals surface area contributed by atoms with Crippen molar-refractivity contribution < 1.29 is 4.79 Å². The standard InChI is InChI=1S/C12H6ClN4O/c13-9-3-1-2-8(4-9)12(18)17-11-7-15-10(5-14)6-16-11/h1,3-4,6-7H,(H,16,17,18). The third-order valence-corrected chi connectivity index (χ3v) is 2.25. The Labute approximate surface area is 108 Å². The molecule has 1 N–H and O–H groups in total. The quantitative estimate of drug-likeness (QED) is 0.893. The van der Waals surface area contributed by atoms with E-state index in [2.05, 4.69) is 21.4 Å². The zero-order chi connectivity index (χ0) is 13.0. The fraction of sp³-hybridized carbons (Fsp3) is 0. The summed E-state index contributed by atoms with van der Waals surface area (Å²) in [6.07, 6.45) is 2.58. The summed E-state index contributed by atoms with van der Waals surface area (Å²) < 4.78 is 0. The lowest BCUT2D eigenvalue weighted by Gasteiger charge is -2.03. The first-order valence-electron chi connectivity index (χ1n) is 4.90. The van der Waals surface area contributed by atoms with E-state index in [1.807, 2.05) is 6.07 Å². The molecule has 0 fully saturated rings. The van der Waals surface area contributed by atoms with E-state index in [0.29, 0.717) is 10.6 Å². The van der Waals surface area contributed by atoms with Crippen molar-refractivity contribution in [2.24, 2.45) is 0 Å². The smallest absolute Gasteiger partial charge is 0.257 e. The monoisotopic (exact) mass is 257 g/mol. The van der Waals surface area contributed by atoms with Gasteiger partial charge in [0, 0.05) is 10.6 Å². The van der Waals surface area contributed by atoms with Crippen LogP contribution in [0.25, 0.3) is 0 Å². The zero-order valence-electron chi connectivity index (χ0n) is 9.01. The average molecular weight is 258 g/mol. The van der Waals surface area contributed by atoms with E-state index >= 15 is 0 Å². The van der Waals surface area contributed by atoms with Gasteiger partial charge in [-0.2, -0.15) is 5.26 Å². The summed E-state index contributed by atoms with van der Waals surface area (Å²) in [5.41, 5.74) is 0.482. The van der Waals surface area contributed by atoms with Gasteiger partial charge >= 0.3 is 0 Å². The number of nitriles is 1. The molecule has 6 heteroatoms. The Balaban J connectivity index is 2.14. The molecule has 1 aromatic heterocycles. The van der Waals surface area contributed by atoms with Crippen LogP contribution in [-0.2, 0) is 0 Å². The van der Waals surface area contributed by atoms with Crippen LogP contribution >= 0.6 is 11.6 Å². The van der Waals surface area contributed by atoms with E-state index in [1.54, 1.807) is 12.1 Å². The number of nitrogens with zero attached hydrogens (tertiary/aromatic N) is 3. The van der Waals surface area contributed by atoms with Crippen LogP contribution in [0.15, 0.2) is 30.6 Å². The maximum Gasteiger partial charge on any atom is 0.257 e. The molecule has 1 amide bonds. The van der Waals surface area contributed by atoms with Crippen molar-refractivity contribution in [1.29, 1.82) is 5.26 Å². The molecule has 1 radical (unpaired) electrons. The van der Waals surface area contributed by atoms with Crippen molar-refractivity contribution in [3.05, 3.63) is 52.9 Å². The average Bonchev–Trinajstić information content (AvgIpc) is 2.39. The van der Waals surface area contributed by atoms with Crippen LogP contribution in [-0.4, -0.2) is 15.9 Å². The van der Waals surface area contributed by atoms with Crippen molar-refractivity contribution in [2.75, 3.05) is 5.32 Å². The number of hydrogen-bond acceptors (Lipinski definition) is 4. The van der Waals surface area contributed by atoms with Gasteiger partial charge in [0.05, 0.1) is 12.4 Å². The molecule has 1 aromatic carbocycles.